The number of benzene rings is 1. The molecule has 0 aliphatic rings. The lowest BCUT2D eigenvalue weighted by atomic mass is 10.1. The first kappa shape index (κ1) is 11.3. The fourth-order valence-electron chi connectivity index (χ4n) is 1.60. The van der Waals surface area contributed by atoms with Crippen LogP contribution in [0, 0.1) is 0 Å². The number of nitrogens with zero attached hydrogens (tertiary/aromatic N) is 3. The molecule has 1 heterocycles. The first-order valence-corrected chi connectivity index (χ1v) is 5.84. The number of aromatic nitrogens is 3. The predicted molar refractivity (Wildman–Crippen MR) is 64.8 cm³/mol. The van der Waals surface area contributed by atoms with E-state index in [4.69, 9.17) is 0 Å². The van der Waals surface area contributed by atoms with Gasteiger partial charge < -0.3 is 5.11 Å². The molecule has 0 saturated heterocycles. The van der Waals surface area contributed by atoms with Gasteiger partial charge in [0.1, 0.15) is 5.69 Å². The van der Waals surface area contributed by atoms with Gasteiger partial charge in [-0.2, -0.15) is 0 Å². The second-order valence-corrected chi connectivity index (χ2v) is 4.28. The molecule has 2 rings (SSSR count). The van der Waals surface area contributed by atoms with Crippen molar-refractivity contribution in [1.82, 2.24) is 15.0 Å². The molecule has 0 aliphatic carbocycles. The van der Waals surface area contributed by atoms with Crippen molar-refractivity contribution in [2.75, 3.05) is 0 Å². The van der Waals surface area contributed by atoms with Gasteiger partial charge in [0.2, 0.25) is 0 Å². The summed E-state index contributed by atoms with van der Waals surface area (Å²) >= 11 is 3.39. The molecule has 5 heteroatoms. The van der Waals surface area contributed by atoms with Crippen molar-refractivity contribution in [1.29, 1.82) is 0 Å². The van der Waals surface area contributed by atoms with E-state index in [1.807, 2.05) is 31.2 Å². The second-order valence-electron chi connectivity index (χ2n) is 3.37. The number of halogens is 1. The minimum atomic E-state index is -0.0919. The molecule has 2 aromatic rings. The summed E-state index contributed by atoms with van der Waals surface area (Å²) in [7, 11) is 0. The lowest BCUT2D eigenvalue weighted by Crippen LogP contribution is -2.00. The third kappa shape index (κ3) is 2.01. The number of hydrogen-bond donors (Lipinski definition) is 1. The Labute approximate surface area is 102 Å². The van der Waals surface area contributed by atoms with Crippen molar-refractivity contribution in [2.24, 2.45) is 0 Å². The van der Waals surface area contributed by atoms with Crippen LogP contribution in [0.5, 0.6) is 0 Å². The zero-order chi connectivity index (χ0) is 11.5. The van der Waals surface area contributed by atoms with Gasteiger partial charge in [-0.1, -0.05) is 33.3 Å². The van der Waals surface area contributed by atoms with E-state index < -0.39 is 0 Å². The van der Waals surface area contributed by atoms with Crippen LogP contribution in [0.25, 0.3) is 11.3 Å². The lowest BCUT2D eigenvalue weighted by molar-refractivity contribution is 0.277. The van der Waals surface area contributed by atoms with Gasteiger partial charge in [-0.15, -0.1) is 5.10 Å². The molecule has 0 bridgehead atoms. The highest BCUT2D eigenvalue weighted by atomic mass is 79.9. The van der Waals surface area contributed by atoms with Crippen molar-refractivity contribution in [2.45, 2.75) is 20.1 Å². The molecule has 0 fully saturated rings. The summed E-state index contributed by atoms with van der Waals surface area (Å²) in [5.74, 6) is 0. The molecule has 84 valence electrons. The zero-order valence-electron chi connectivity index (χ0n) is 8.89. The molecular formula is C11H12BrN3O. The van der Waals surface area contributed by atoms with Crippen LogP contribution in [0.15, 0.2) is 28.7 Å². The van der Waals surface area contributed by atoms with Crippen LogP contribution < -0.4 is 0 Å². The largest absolute Gasteiger partial charge is 0.390 e. The molecule has 4 nitrogen and oxygen atoms in total. The standard InChI is InChI=1S/C11H12BrN3O/c1-2-15-11(10(7-16)13-14-15)8-3-5-9(12)6-4-8/h3-6,16H,2,7H2,1H3. The minimum Gasteiger partial charge on any atom is -0.390 e. The minimum absolute atomic E-state index is 0.0919. The molecule has 0 atom stereocenters. The predicted octanol–water partition coefficient (Wildman–Crippen LogP) is 2.22. The number of aliphatic hydroxyl groups is 1. The van der Waals surface area contributed by atoms with E-state index in [1.54, 1.807) is 4.68 Å². The highest BCUT2D eigenvalue weighted by Crippen LogP contribution is 2.24. The molecule has 0 unspecified atom stereocenters. The number of aryl methyl sites for hydroxylation is 1. The van der Waals surface area contributed by atoms with Crippen molar-refractivity contribution in [3.63, 3.8) is 0 Å². The number of hydrogen-bond acceptors (Lipinski definition) is 3. The molecule has 0 aliphatic heterocycles. The lowest BCUT2D eigenvalue weighted by Gasteiger charge is -2.05. The van der Waals surface area contributed by atoms with Crippen molar-refractivity contribution >= 4 is 15.9 Å². The number of rotatable bonds is 3. The smallest absolute Gasteiger partial charge is 0.116 e. The Morgan fingerprint density at radius 1 is 1.31 bits per heavy atom. The number of aliphatic hydroxyl groups excluding tert-OH is 1. The molecule has 1 N–H and O–H groups in total. The third-order valence-corrected chi connectivity index (χ3v) is 2.90. The molecular weight excluding hydrogens is 270 g/mol. The zero-order valence-corrected chi connectivity index (χ0v) is 10.5. The molecule has 1 aromatic carbocycles. The Morgan fingerprint density at radius 3 is 2.56 bits per heavy atom. The average Bonchev–Trinajstić information content (AvgIpc) is 2.73. The van der Waals surface area contributed by atoms with Gasteiger partial charge in [0.05, 0.1) is 12.3 Å². The molecule has 0 radical (unpaired) electrons. The SMILES string of the molecule is CCn1nnc(CO)c1-c1ccc(Br)cc1. The van der Waals surface area contributed by atoms with E-state index in [-0.39, 0.29) is 6.61 Å². The monoisotopic (exact) mass is 281 g/mol. The molecule has 0 saturated carbocycles. The Morgan fingerprint density at radius 2 is 2.00 bits per heavy atom. The maximum absolute atomic E-state index is 9.22. The first-order chi connectivity index (χ1) is 7.76. The van der Waals surface area contributed by atoms with Crippen molar-refractivity contribution in [3.8, 4) is 11.3 Å². The fraction of sp³-hybridized carbons (Fsp3) is 0.273. The topological polar surface area (TPSA) is 50.9 Å². The summed E-state index contributed by atoms with van der Waals surface area (Å²) < 4.78 is 2.81. The average molecular weight is 282 g/mol. The maximum Gasteiger partial charge on any atom is 0.116 e. The van der Waals surface area contributed by atoms with Crippen LogP contribution in [0.2, 0.25) is 0 Å². The van der Waals surface area contributed by atoms with E-state index in [2.05, 4.69) is 26.2 Å². The highest BCUT2D eigenvalue weighted by Gasteiger charge is 2.12. The molecule has 0 spiro atoms. The summed E-state index contributed by atoms with van der Waals surface area (Å²) in [6.07, 6.45) is 0. The van der Waals surface area contributed by atoms with E-state index in [0.717, 1.165) is 22.3 Å². The van der Waals surface area contributed by atoms with Crippen LogP contribution in [0.3, 0.4) is 0 Å². The second kappa shape index (κ2) is 4.76. The Bertz CT molecular complexity index is 457. The van der Waals surface area contributed by atoms with Gasteiger partial charge in [-0.25, -0.2) is 4.68 Å². The summed E-state index contributed by atoms with van der Waals surface area (Å²) in [5, 5.41) is 17.2. The van der Waals surface area contributed by atoms with Gasteiger partial charge in [0.15, 0.2) is 0 Å². The van der Waals surface area contributed by atoms with Gasteiger partial charge in [0, 0.05) is 16.6 Å². The quantitative estimate of drug-likeness (QED) is 0.939. The highest BCUT2D eigenvalue weighted by molar-refractivity contribution is 9.10. The van der Waals surface area contributed by atoms with E-state index in [1.165, 1.54) is 0 Å². The Kier molecular flexibility index (Phi) is 3.36. The summed E-state index contributed by atoms with van der Waals surface area (Å²) in [5.41, 5.74) is 2.51. The fourth-order valence-corrected chi connectivity index (χ4v) is 1.86. The van der Waals surface area contributed by atoms with Gasteiger partial charge in [-0.3, -0.25) is 0 Å². The Hall–Kier alpha value is -1.20. The third-order valence-electron chi connectivity index (χ3n) is 2.37. The molecule has 1 aromatic heterocycles. The first-order valence-electron chi connectivity index (χ1n) is 5.05. The van der Waals surface area contributed by atoms with E-state index >= 15 is 0 Å². The molecule has 16 heavy (non-hydrogen) atoms. The van der Waals surface area contributed by atoms with Gasteiger partial charge in [0.25, 0.3) is 0 Å². The van der Waals surface area contributed by atoms with Gasteiger partial charge >= 0.3 is 0 Å². The van der Waals surface area contributed by atoms with Crippen LogP contribution >= 0.6 is 15.9 Å². The van der Waals surface area contributed by atoms with Gasteiger partial charge in [-0.05, 0) is 19.1 Å². The summed E-state index contributed by atoms with van der Waals surface area (Å²) in [6.45, 7) is 2.64. The normalized spacial score (nSPS) is 10.7. The van der Waals surface area contributed by atoms with Crippen LogP contribution in [0.1, 0.15) is 12.6 Å². The van der Waals surface area contributed by atoms with Crippen LogP contribution in [-0.2, 0) is 13.2 Å². The van der Waals surface area contributed by atoms with Crippen LogP contribution in [-0.4, -0.2) is 20.1 Å². The van der Waals surface area contributed by atoms with E-state index in [0.29, 0.717) is 5.69 Å². The van der Waals surface area contributed by atoms with Crippen LogP contribution in [0.4, 0.5) is 0 Å². The summed E-state index contributed by atoms with van der Waals surface area (Å²) in [6, 6.07) is 7.88. The maximum atomic E-state index is 9.22. The van der Waals surface area contributed by atoms with Crippen molar-refractivity contribution < 1.29 is 5.11 Å². The molecule has 0 amide bonds. The van der Waals surface area contributed by atoms with Crippen molar-refractivity contribution in [3.05, 3.63) is 34.4 Å². The van der Waals surface area contributed by atoms with E-state index in [9.17, 15) is 5.11 Å². The Balaban J connectivity index is 2.52. The summed E-state index contributed by atoms with van der Waals surface area (Å²) in [4.78, 5) is 0.